The first-order valence-electron chi connectivity index (χ1n) is 5.00. The number of hydrogen-bond donors (Lipinski definition) is 2. The lowest BCUT2D eigenvalue weighted by atomic mass is 10.1. The maximum Gasteiger partial charge on any atom is 0.349 e. The first-order valence-corrected chi connectivity index (χ1v) is 5.76. The Kier molecular flexibility index (Phi) is 4.76. The fourth-order valence-corrected chi connectivity index (χ4v) is 1.47. The van der Waals surface area contributed by atoms with Crippen LogP contribution in [0.4, 0.5) is 5.69 Å². The van der Waals surface area contributed by atoms with Crippen molar-refractivity contribution in [2.24, 2.45) is 0 Å². The van der Waals surface area contributed by atoms with Gasteiger partial charge in [0.25, 0.3) is 5.91 Å². The number of carbonyl (C=O) groups is 2. The van der Waals surface area contributed by atoms with Crippen LogP contribution in [-0.2, 0) is 9.59 Å². The lowest BCUT2D eigenvalue weighted by molar-refractivity contribution is -0.132. The Morgan fingerprint density at radius 2 is 1.78 bits per heavy atom. The molecule has 1 amide bonds. The molecule has 2 N–H and O–H groups in total. The molecule has 6 heteroatoms. The van der Waals surface area contributed by atoms with E-state index in [9.17, 15) is 9.59 Å². The van der Waals surface area contributed by atoms with E-state index < -0.39 is 21.9 Å². The average Bonchev–Trinajstić information content (AvgIpc) is 2.32. The molecule has 18 heavy (non-hydrogen) atoms. The van der Waals surface area contributed by atoms with Crippen LogP contribution in [0.15, 0.2) is 28.3 Å². The minimum atomic E-state index is -1.45. The first-order chi connectivity index (χ1) is 8.34. The number of hydrogen-bond acceptors (Lipinski definition) is 2. The van der Waals surface area contributed by atoms with Crippen molar-refractivity contribution in [3.05, 3.63) is 39.4 Å². The summed E-state index contributed by atoms with van der Waals surface area (Å²) >= 11 is 11.0. The summed E-state index contributed by atoms with van der Waals surface area (Å²) in [6, 6.07) is 5.36. The molecular weight excluding hydrogens is 277 g/mol. The van der Waals surface area contributed by atoms with Gasteiger partial charge in [-0.15, -0.1) is 0 Å². The highest BCUT2D eigenvalue weighted by Crippen LogP contribution is 2.21. The van der Waals surface area contributed by atoms with Crippen LogP contribution >= 0.6 is 23.2 Å². The van der Waals surface area contributed by atoms with Crippen molar-refractivity contribution in [2.45, 2.75) is 13.8 Å². The summed E-state index contributed by atoms with van der Waals surface area (Å²) in [6.07, 6.45) is 0. The van der Waals surface area contributed by atoms with Crippen molar-refractivity contribution in [2.75, 3.05) is 5.32 Å². The van der Waals surface area contributed by atoms with Gasteiger partial charge in [-0.05, 0) is 31.0 Å². The minimum absolute atomic E-state index is 0.551. The smallest absolute Gasteiger partial charge is 0.349 e. The van der Waals surface area contributed by atoms with Crippen LogP contribution in [0.5, 0.6) is 0 Å². The molecule has 0 heterocycles. The molecule has 1 aromatic rings. The second kappa shape index (κ2) is 5.89. The zero-order valence-corrected chi connectivity index (χ0v) is 11.3. The number of benzene rings is 1. The summed E-state index contributed by atoms with van der Waals surface area (Å²) in [4.78, 5) is 22.2. The molecule has 0 fully saturated rings. The molecule has 96 valence electrons. The van der Waals surface area contributed by atoms with Gasteiger partial charge in [0.15, 0.2) is 0 Å². The number of halogens is 2. The van der Waals surface area contributed by atoms with E-state index in [2.05, 4.69) is 5.32 Å². The SMILES string of the molecule is Cc1cccc(NC(=O)/C(Cl)=C(\Cl)C(=O)O)c1C. The number of anilines is 1. The van der Waals surface area contributed by atoms with Crippen molar-refractivity contribution < 1.29 is 14.7 Å². The van der Waals surface area contributed by atoms with Gasteiger partial charge in [0.2, 0.25) is 0 Å². The van der Waals surface area contributed by atoms with Gasteiger partial charge in [-0.1, -0.05) is 35.3 Å². The molecule has 0 saturated carbocycles. The molecule has 0 saturated heterocycles. The van der Waals surface area contributed by atoms with Crippen molar-refractivity contribution in [3.63, 3.8) is 0 Å². The zero-order chi connectivity index (χ0) is 13.9. The molecule has 0 aliphatic heterocycles. The van der Waals surface area contributed by atoms with Crippen LogP contribution in [0.1, 0.15) is 11.1 Å². The van der Waals surface area contributed by atoms with E-state index in [1.165, 1.54) is 0 Å². The van der Waals surface area contributed by atoms with Crippen LogP contribution in [-0.4, -0.2) is 17.0 Å². The summed E-state index contributed by atoms with van der Waals surface area (Å²) in [5, 5.41) is 9.86. The largest absolute Gasteiger partial charge is 0.477 e. The van der Waals surface area contributed by atoms with Gasteiger partial charge < -0.3 is 10.4 Å². The Morgan fingerprint density at radius 3 is 2.33 bits per heavy atom. The maximum atomic E-state index is 11.7. The predicted molar refractivity (Wildman–Crippen MR) is 70.9 cm³/mol. The number of nitrogens with one attached hydrogen (secondary N) is 1. The molecule has 0 aliphatic carbocycles. The van der Waals surface area contributed by atoms with Crippen LogP contribution < -0.4 is 5.32 Å². The van der Waals surface area contributed by atoms with Crippen LogP contribution in [0.2, 0.25) is 0 Å². The molecule has 1 aromatic carbocycles. The monoisotopic (exact) mass is 287 g/mol. The summed E-state index contributed by atoms with van der Waals surface area (Å²) in [5.74, 6) is -2.20. The third-order valence-corrected chi connectivity index (χ3v) is 3.24. The van der Waals surface area contributed by atoms with Crippen LogP contribution in [0.3, 0.4) is 0 Å². The predicted octanol–water partition coefficient (Wildman–Crippen LogP) is 3.02. The number of carboxylic acid groups (broad SMARTS) is 1. The van der Waals surface area contributed by atoms with Crippen molar-refractivity contribution in [1.82, 2.24) is 0 Å². The number of rotatable bonds is 3. The molecule has 1 rings (SSSR count). The van der Waals surface area contributed by atoms with Gasteiger partial charge in [0, 0.05) is 5.69 Å². The molecule has 0 atom stereocenters. The molecule has 0 bridgehead atoms. The molecule has 0 aromatic heterocycles. The second-order valence-electron chi connectivity index (χ2n) is 3.63. The van der Waals surface area contributed by atoms with Gasteiger partial charge >= 0.3 is 5.97 Å². The minimum Gasteiger partial charge on any atom is -0.477 e. The Balaban J connectivity index is 2.99. The van der Waals surface area contributed by atoms with Gasteiger partial charge in [0.05, 0.1) is 0 Å². The maximum absolute atomic E-state index is 11.7. The quantitative estimate of drug-likeness (QED) is 0.840. The second-order valence-corrected chi connectivity index (χ2v) is 4.39. The van der Waals surface area contributed by atoms with Crippen molar-refractivity contribution in [3.8, 4) is 0 Å². The van der Waals surface area contributed by atoms with Gasteiger partial charge in [-0.3, -0.25) is 4.79 Å². The summed E-state index contributed by atoms with van der Waals surface area (Å²) in [7, 11) is 0. The number of carbonyl (C=O) groups excluding carboxylic acids is 1. The molecule has 0 spiro atoms. The number of aryl methyl sites for hydroxylation is 1. The average molecular weight is 288 g/mol. The first kappa shape index (κ1) is 14.5. The Labute approximate surface area is 114 Å². The number of amides is 1. The van der Waals surface area contributed by atoms with Crippen molar-refractivity contribution >= 4 is 40.8 Å². The van der Waals surface area contributed by atoms with Crippen LogP contribution in [0.25, 0.3) is 0 Å². The molecule has 0 radical (unpaired) electrons. The molecule has 4 nitrogen and oxygen atoms in total. The van der Waals surface area contributed by atoms with Gasteiger partial charge in [-0.2, -0.15) is 0 Å². The molecular formula is C12H11Cl2NO3. The Hall–Kier alpha value is -1.52. The number of aliphatic carboxylic acids is 1. The molecule has 0 aliphatic rings. The highest BCUT2D eigenvalue weighted by atomic mass is 35.5. The fourth-order valence-electron chi connectivity index (χ4n) is 1.26. The standard InChI is InChI=1S/C12H11Cl2NO3/c1-6-4-3-5-8(7(6)2)15-11(16)9(13)10(14)12(17)18/h3-5H,1-2H3,(H,15,16)(H,17,18)/b10-9+. The third-order valence-electron chi connectivity index (χ3n) is 2.43. The van der Waals surface area contributed by atoms with E-state index in [-0.39, 0.29) is 0 Å². The van der Waals surface area contributed by atoms with Gasteiger partial charge in [0.1, 0.15) is 10.1 Å². The fraction of sp³-hybridized carbons (Fsp3) is 0.167. The lowest BCUT2D eigenvalue weighted by Crippen LogP contribution is -2.15. The van der Waals surface area contributed by atoms with E-state index >= 15 is 0 Å². The van der Waals surface area contributed by atoms with Crippen LogP contribution in [0, 0.1) is 13.8 Å². The highest BCUT2D eigenvalue weighted by Gasteiger charge is 2.17. The van der Waals surface area contributed by atoms with E-state index in [0.717, 1.165) is 11.1 Å². The topological polar surface area (TPSA) is 66.4 Å². The summed E-state index contributed by atoms with van der Waals surface area (Å²) in [6.45, 7) is 3.73. The number of carboxylic acids is 1. The normalized spacial score (nSPS) is 11.8. The van der Waals surface area contributed by atoms with E-state index in [4.69, 9.17) is 28.3 Å². The van der Waals surface area contributed by atoms with E-state index in [1.807, 2.05) is 19.9 Å². The lowest BCUT2D eigenvalue weighted by Gasteiger charge is -2.10. The van der Waals surface area contributed by atoms with Gasteiger partial charge in [-0.25, -0.2) is 4.79 Å². The molecule has 0 unspecified atom stereocenters. The zero-order valence-electron chi connectivity index (χ0n) is 9.75. The summed E-state index contributed by atoms with van der Waals surface area (Å²) in [5.41, 5.74) is 2.44. The highest BCUT2D eigenvalue weighted by molar-refractivity contribution is 6.54. The Morgan fingerprint density at radius 1 is 1.17 bits per heavy atom. The Bertz CT molecular complexity index is 538. The third kappa shape index (κ3) is 3.24. The van der Waals surface area contributed by atoms with E-state index in [0.29, 0.717) is 5.69 Å². The van der Waals surface area contributed by atoms with Crippen molar-refractivity contribution in [1.29, 1.82) is 0 Å². The van der Waals surface area contributed by atoms with E-state index in [1.54, 1.807) is 12.1 Å². The summed E-state index contributed by atoms with van der Waals surface area (Å²) < 4.78 is 0.